The van der Waals surface area contributed by atoms with Gasteiger partial charge in [0.2, 0.25) is 5.91 Å². The summed E-state index contributed by atoms with van der Waals surface area (Å²) in [6.07, 6.45) is -5.29. The number of hydrogen-bond acceptors (Lipinski definition) is 2. The Morgan fingerprint density at radius 2 is 2.00 bits per heavy atom. The Bertz CT molecular complexity index is 444. The maximum atomic E-state index is 12.3. The topological polar surface area (TPSA) is 55.1 Å². The first-order valence-electron chi connectivity index (χ1n) is 5.91. The Hall–Kier alpha value is -1.56. The molecule has 1 atom stereocenters. The summed E-state index contributed by atoms with van der Waals surface area (Å²) >= 11 is 0. The minimum Gasteiger partial charge on any atom is -0.325 e. The fourth-order valence-corrected chi connectivity index (χ4v) is 1.52. The van der Waals surface area contributed by atoms with Gasteiger partial charge < -0.3 is 11.1 Å². The number of nitrogens with two attached hydrogens (primary N) is 1. The molecule has 0 aliphatic heterocycles. The minimum atomic E-state index is -4.27. The van der Waals surface area contributed by atoms with Crippen molar-refractivity contribution in [3.8, 4) is 0 Å². The SMILES string of the molecule is CC(C)[C@H](N)C(=O)Nc1cccc(CC(F)(F)F)c1. The van der Waals surface area contributed by atoms with Crippen LogP contribution in [0.15, 0.2) is 24.3 Å². The molecule has 19 heavy (non-hydrogen) atoms. The Morgan fingerprint density at radius 3 is 2.53 bits per heavy atom. The highest BCUT2D eigenvalue weighted by atomic mass is 19.4. The molecule has 3 nitrogen and oxygen atoms in total. The van der Waals surface area contributed by atoms with Crippen molar-refractivity contribution in [2.45, 2.75) is 32.5 Å². The Labute approximate surface area is 110 Å². The number of halogens is 3. The van der Waals surface area contributed by atoms with Gasteiger partial charge in [0.15, 0.2) is 0 Å². The van der Waals surface area contributed by atoms with Crippen molar-refractivity contribution >= 4 is 11.6 Å². The first kappa shape index (κ1) is 15.5. The molecule has 106 valence electrons. The van der Waals surface area contributed by atoms with Crippen LogP contribution < -0.4 is 11.1 Å². The normalized spacial score (nSPS) is 13.4. The van der Waals surface area contributed by atoms with E-state index in [4.69, 9.17) is 5.73 Å². The molecule has 1 amide bonds. The highest BCUT2D eigenvalue weighted by molar-refractivity contribution is 5.94. The molecule has 1 aromatic carbocycles. The Kier molecular flexibility index (Phi) is 4.94. The van der Waals surface area contributed by atoms with Gasteiger partial charge in [0.05, 0.1) is 12.5 Å². The van der Waals surface area contributed by atoms with Crippen LogP contribution in [0.5, 0.6) is 0 Å². The number of nitrogens with one attached hydrogen (secondary N) is 1. The van der Waals surface area contributed by atoms with Gasteiger partial charge in [0.25, 0.3) is 0 Å². The van der Waals surface area contributed by atoms with Crippen molar-refractivity contribution in [3.63, 3.8) is 0 Å². The molecule has 1 aromatic rings. The molecule has 0 spiro atoms. The molecule has 0 saturated heterocycles. The molecule has 0 radical (unpaired) electrons. The molecule has 0 aromatic heterocycles. The van der Waals surface area contributed by atoms with E-state index in [1.807, 2.05) is 0 Å². The predicted molar refractivity (Wildman–Crippen MR) is 67.6 cm³/mol. The second-order valence-corrected chi connectivity index (χ2v) is 4.75. The van der Waals surface area contributed by atoms with Gasteiger partial charge in [0, 0.05) is 5.69 Å². The number of amides is 1. The maximum Gasteiger partial charge on any atom is 0.393 e. The molecule has 0 heterocycles. The minimum absolute atomic E-state index is 0.0432. The summed E-state index contributed by atoms with van der Waals surface area (Å²) in [6, 6.07) is 4.98. The van der Waals surface area contributed by atoms with Crippen LogP contribution in [-0.4, -0.2) is 18.1 Å². The largest absolute Gasteiger partial charge is 0.393 e. The third-order valence-electron chi connectivity index (χ3n) is 2.62. The van der Waals surface area contributed by atoms with Gasteiger partial charge in [-0.2, -0.15) is 13.2 Å². The molecule has 6 heteroatoms. The second-order valence-electron chi connectivity index (χ2n) is 4.75. The summed E-state index contributed by atoms with van der Waals surface area (Å²) in [5.74, 6) is -0.447. The number of benzene rings is 1. The highest BCUT2D eigenvalue weighted by Gasteiger charge is 2.27. The smallest absolute Gasteiger partial charge is 0.325 e. The lowest BCUT2D eigenvalue weighted by Gasteiger charge is -2.16. The van der Waals surface area contributed by atoms with Crippen molar-refractivity contribution < 1.29 is 18.0 Å². The van der Waals surface area contributed by atoms with Crippen LogP contribution in [-0.2, 0) is 11.2 Å². The van der Waals surface area contributed by atoms with E-state index in [9.17, 15) is 18.0 Å². The predicted octanol–water partition coefficient (Wildman–Crippen LogP) is 2.71. The zero-order valence-electron chi connectivity index (χ0n) is 10.8. The number of alkyl halides is 3. The first-order valence-corrected chi connectivity index (χ1v) is 5.91. The molecule has 0 bridgehead atoms. The summed E-state index contributed by atoms with van der Waals surface area (Å²) in [4.78, 5) is 11.7. The van der Waals surface area contributed by atoms with Crippen LogP contribution in [0, 0.1) is 5.92 Å². The van der Waals surface area contributed by atoms with Crippen LogP contribution >= 0.6 is 0 Å². The average molecular weight is 274 g/mol. The van der Waals surface area contributed by atoms with Gasteiger partial charge in [0.1, 0.15) is 0 Å². The standard InChI is InChI=1S/C13H17F3N2O/c1-8(2)11(17)12(19)18-10-5-3-4-9(6-10)7-13(14,15)16/h3-6,8,11H,7,17H2,1-2H3,(H,18,19)/t11-/m0/s1. The fourth-order valence-electron chi connectivity index (χ4n) is 1.52. The van der Waals surface area contributed by atoms with Gasteiger partial charge in [-0.25, -0.2) is 0 Å². The quantitative estimate of drug-likeness (QED) is 0.887. The average Bonchev–Trinajstić information content (AvgIpc) is 2.25. The van der Waals surface area contributed by atoms with E-state index >= 15 is 0 Å². The van der Waals surface area contributed by atoms with Gasteiger partial charge >= 0.3 is 6.18 Å². The van der Waals surface area contributed by atoms with Crippen molar-refractivity contribution in [1.29, 1.82) is 0 Å². The van der Waals surface area contributed by atoms with Crippen molar-refractivity contribution in [2.75, 3.05) is 5.32 Å². The lowest BCUT2D eigenvalue weighted by atomic mass is 10.0. The number of anilines is 1. The van der Waals surface area contributed by atoms with E-state index in [1.165, 1.54) is 24.3 Å². The number of hydrogen-bond donors (Lipinski definition) is 2. The van der Waals surface area contributed by atoms with E-state index in [0.717, 1.165) is 0 Å². The molecule has 3 N–H and O–H groups in total. The van der Waals surface area contributed by atoms with Crippen molar-refractivity contribution in [1.82, 2.24) is 0 Å². The highest BCUT2D eigenvalue weighted by Crippen LogP contribution is 2.23. The molecule has 0 saturated carbocycles. The van der Waals surface area contributed by atoms with Gasteiger partial charge in [-0.3, -0.25) is 4.79 Å². The van der Waals surface area contributed by atoms with Crippen LogP contribution in [0.3, 0.4) is 0 Å². The van der Waals surface area contributed by atoms with Crippen molar-refractivity contribution in [2.24, 2.45) is 11.7 Å². The van der Waals surface area contributed by atoms with Gasteiger partial charge in [-0.15, -0.1) is 0 Å². The second kappa shape index (κ2) is 6.06. The molecule has 0 fully saturated rings. The van der Waals surface area contributed by atoms with E-state index < -0.39 is 24.5 Å². The third kappa shape index (κ3) is 5.30. The van der Waals surface area contributed by atoms with Gasteiger partial charge in [-0.05, 0) is 23.6 Å². The number of rotatable bonds is 4. The van der Waals surface area contributed by atoms with E-state index in [0.29, 0.717) is 5.69 Å². The molecular weight excluding hydrogens is 257 g/mol. The molecule has 1 rings (SSSR count). The summed E-state index contributed by atoms with van der Waals surface area (Å²) in [6.45, 7) is 3.59. The van der Waals surface area contributed by atoms with Crippen molar-refractivity contribution in [3.05, 3.63) is 29.8 Å². The lowest BCUT2D eigenvalue weighted by Crippen LogP contribution is -2.39. The third-order valence-corrected chi connectivity index (χ3v) is 2.62. The zero-order chi connectivity index (χ0) is 14.6. The van der Waals surface area contributed by atoms with E-state index in [-0.39, 0.29) is 11.5 Å². The number of carbonyl (C=O) groups is 1. The van der Waals surface area contributed by atoms with E-state index in [2.05, 4.69) is 5.32 Å². The Morgan fingerprint density at radius 1 is 1.37 bits per heavy atom. The molecular formula is C13H17F3N2O. The molecule has 0 unspecified atom stereocenters. The number of carbonyl (C=O) groups excluding carboxylic acids is 1. The monoisotopic (exact) mass is 274 g/mol. The molecule has 0 aliphatic carbocycles. The summed E-state index contributed by atoms with van der Waals surface area (Å²) in [5, 5.41) is 2.52. The Balaban J connectivity index is 2.75. The summed E-state index contributed by atoms with van der Waals surface area (Å²) < 4.78 is 36.8. The van der Waals surface area contributed by atoms with E-state index in [1.54, 1.807) is 13.8 Å². The fraction of sp³-hybridized carbons (Fsp3) is 0.462. The van der Waals surface area contributed by atoms with Crippen LogP contribution in [0.25, 0.3) is 0 Å². The van der Waals surface area contributed by atoms with Crippen LogP contribution in [0.2, 0.25) is 0 Å². The first-order chi connectivity index (χ1) is 8.69. The van der Waals surface area contributed by atoms with Crippen LogP contribution in [0.1, 0.15) is 19.4 Å². The van der Waals surface area contributed by atoms with Crippen LogP contribution in [0.4, 0.5) is 18.9 Å². The lowest BCUT2D eigenvalue weighted by molar-refractivity contribution is -0.127. The summed E-state index contributed by atoms with van der Waals surface area (Å²) in [7, 11) is 0. The molecule has 0 aliphatic rings. The zero-order valence-corrected chi connectivity index (χ0v) is 10.8. The summed E-state index contributed by atoms with van der Waals surface area (Å²) in [5.41, 5.74) is 6.08. The van der Waals surface area contributed by atoms with Gasteiger partial charge in [-0.1, -0.05) is 26.0 Å². The maximum absolute atomic E-state index is 12.3.